The number of aliphatic hydroxyl groups is 1. The third-order valence-corrected chi connectivity index (χ3v) is 4.79. The lowest BCUT2D eigenvalue weighted by atomic mass is 9.94. The number of carbonyl (C=O) groups is 1. The Hall–Kier alpha value is -0.980. The van der Waals surface area contributed by atoms with Crippen LogP contribution >= 0.6 is 11.3 Å². The molecule has 1 atom stereocenters. The summed E-state index contributed by atoms with van der Waals surface area (Å²) >= 11 is 1.42. The minimum atomic E-state index is -0.150. The number of carbonyl (C=O) groups excluding carboxylic acids is 1. The summed E-state index contributed by atoms with van der Waals surface area (Å²) in [6.45, 7) is 2.24. The van der Waals surface area contributed by atoms with Crippen molar-refractivity contribution in [2.75, 3.05) is 13.2 Å². The molecule has 5 nitrogen and oxygen atoms in total. The van der Waals surface area contributed by atoms with Gasteiger partial charge in [0.25, 0.3) is 5.91 Å². The van der Waals surface area contributed by atoms with Crippen molar-refractivity contribution in [3.63, 3.8) is 0 Å². The van der Waals surface area contributed by atoms with E-state index in [-0.39, 0.29) is 24.6 Å². The van der Waals surface area contributed by atoms with Crippen molar-refractivity contribution >= 4 is 17.2 Å². The van der Waals surface area contributed by atoms with E-state index in [0.717, 1.165) is 30.7 Å². The molecule has 112 valence electrons. The number of hydrogen-bond donors (Lipinski definition) is 2. The van der Waals surface area contributed by atoms with Gasteiger partial charge >= 0.3 is 0 Å². The van der Waals surface area contributed by atoms with E-state index >= 15 is 0 Å². The highest BCUT2D eigenvalue weighted by molar-refractivity contribution is 7.09. The normalized spacial score (nSPS) is 17.9. The molecule has 1 aliphatic rings. The molecule has 1 aromatic heterocycles. The second-order valence-electron chi connectivity index (χ2n) is 5.37. The maximum Gasteiger partial charge on any atom is 0.273 e. The van der Waals surface area contributed by atoms with Crippen LogP contribution in [0.5, 0.6) is 0 Å². The van der Waals surface area contributed by atoms with Crippen molar-refractivity contribution in [2.24, 2.45) is 5.73 Å². The molecule has 1 aliphatic carbocycles. The highest BCUT2D eigenvalue weighted by Crippen LogP contribution is 2.25. The van der Waals surface area contributed by atoms with Crippen LogP contribution in [0.2, 0.25) is 0 Å². The first-order chi connectivity index (χ1) is 9.63. The van der Waals surface area contributed by atoms with Crippen LogP contribution in [0.3, 0.4) is 0 Å². The van der Waals surface area contributed by atoms with Gasteiger partial charge in [-0.2, -0.15) is 0 Å². The van der Waals surface area contributed by atoms with Crippen LogP contribution in [0.25, 0.3) is 0 Å². The average Bonchev–Trinajstić information content (AvgIpc) is 2.95. The van der Waals surface area contributed by atoms with Gasteiger partial charge < -0.3 is 15.7 Å². The molecule has 0 spiro atoms. The number of rotatable bonds is 5. The fourth-order valence-electron chi connectivity index (χ4n) is 2.69. The summed E-state index contributed by atoms with van der Waals surface area (Å²) in [5.41, 5.74) is 6.25. The van der Waals surface area contributed by atoms with Crippen LogP contribution in [0.15, 0.2) is 5.38 Å². The van der Waals surface area contributed by atoms with Gasteiger partial charge in [0.2, 0.25) is 0 Å². The first kappa shape index (κ1) is 15.4. The Labute approximate surface area is 123 Å². The summed E-state index contributed by atoms with van der Waals surface area (Å²) in [5, 5.41) is 11.8. The molecular formula is C14H23N3O2S. The predicted octanol–water partition coefficient (Wildman–Crippen LogP) is 1.93. The van der Waals surface area contributed by atoms with E-state index in [0.29, 0.717) is 12.2 Å². The minimum Gasteiger partial charge on any atom is -0.395 e. The Balaban J connectivity index is 2.12. The van der Waals surface area contributed by atoms with Crippen molar-refractivity contribution in [1.82, 2.24) is 9.88 Å². The standard InChI is InChI=1S/C14H23N3O2S/c1-10(15)13-16-12(9-20-13)14(19)17(7-8-18)11-5-3-2-4-6-11/h9-11,18H,2-8,15H2,1H3. The molecule has 0 saturated heterocycles. The molecule has 3 N–H and O–H groups in total. The second kappa shape index (κ2) is 7.15. The number of hydrogen-bond acceptors (Lipinski definition) is 5. The molecule has 1 unspecified atom stereocenters. The zero-order chi connectivity index (χ0) is 14.5. The summed E-state index contributed by atoms with van der Waals surface area (Å²) < 4.78 is 0. The fourth-order valence-corrected chi connectivity index (χ4v) is 3.44. The Kier molecular flexibility index (Phi) is 5.51. The molecule has 0 radical (unpaired) electrons. The van der Waals surface area contributed by atoms with Gasteiger partial charge in [-0.15, -0.1) is 11.3 Å². The zero-order valence-corrected chi connectivity index (χ0v) is 12.7. The lowest BCUT2D eigenvalue weighted by molar-refractivity contribution is 0.0580. The molecule has 20 heavy (non-hydrogen) atoms. The fraction of sp³-hybridized carbons (Fsp3) is 0.714. The van der Waals surface area contributed by atoms with Gasteiger partial charge in [-0.25, -0.2) is 4.98 Å². The summed E-state index contributed by atoms with van der Waals surface area (Å²) in [4.78, 5) is 18.7. The molecule has 6 heteroatoms. The molecule has 1 fully saturated rings. The van der Waals surface area contributed by atoms with Crippen LogP contribution < -0.4 is 5.73 Å². The Morgan fingerprint density at radius 3 is 2.80 bits per heavy atom. The average molecular weight is 297 g/mol. The first-order valence-electron chi connectivity index (χ1n) is 7.26. The van der Waals surface area contributed by atoms with Crippen LogP contribution in [0.1, 0.15) is 60.6 Å². The largest absolute Gasteiger partial charge is 0.395 e. The van der Waals surface area contributed by atoms with Gasteiger partial charge in [-0.05, 0) is 19.8 Å². The molecule has 2 rings (SSSR count). The Bertz CT molecular complexity index is 441. The van der Waals surface area contributed by atoms with E-state index in [1.54, 1.807) is 10.3 Å². The molecule has 1 heterocycles. The van der Waals surface area contributed by atoms with Gasteiger partial charge in [-0.3, -0.25) is 4.79 Å². The van der Waals surface area contributed by atoms with E-state index in [2.05, 4.69) is 4.98 Å². The number of amides is 1. The number of thiazole rings is 1. The topological polar surface area (TPSA) is 79.5 Å². The van der Waals surface area contributed by atoms with E-state index in [9.17, 15) is 9.90 Å². The van der Waals surface area contributed by atoms with Crippen LogP contribution in [-0.2, 0) is 0 Å². The zero-order valence-electron chi connectivity index (χ0n) is 11.9. The maximum absolute atomic E-state index is 12.6. The highest BCUT2D eigenvalue weighted by Gasteiger charge is 2.27. The number of nitrogens with zero attached hydrogens (tertiary/aromatic N) is 2. The van der Waals surface area contributed by atoms with Gasteiger partial charge in [0.1, 0.15) is 10.7 Å². The van der Waals surface area contributed by atoms with Crippen molar-refractivity contribution < 1.29 is 9.90 Å². The van der Waals surface area contributed by atoms with Crippen molar-refractivity contribution in [2.45, 2.75) is 51.1 Å². The van der Waals surface area contributed by atoms with Gasteiger partial charge in [0, 0.05) is 18.0 Å². The molecule has 1 saturated carbocycles. The summed E-state index contributed by atoms with van der Waals surface area (Å²) in [5.74, 6) is -0.0749. The van der Waals surface area contributed by atoms with Crippen molar-refractivity contribution in [1.29, 1.82) is 0 Å². The van der Waals surface area contributed by atoms with Gasteiger partial charge in [-0.1, -0.05) is 19.3 Å². The summed E-state index contributed by atoms with van der Waals surface area (Å²) in [6.07, 6.45) is 5.60. The van der Waals surface area contributed by atoms with Gasteiger partial charge in [0.05, 0.1) is 12.6 Å². The number of nitrogens with two attached hydrogens (primary N) is 1. The molecular weight excluding hydrogens is 274 g/mol. The van der Waals surface area contributed by atoms with Crippen LogP contribution in [0, 0.1) is 0 Å². The third kappa shape index (κ3) is 3.56. The SMILES string of the molecule is CC(N)c1nc(C(=O)N(CCO)C2CCCCC2)cs1. The van der Waals surface area contributed by atoms with Crippen LogP contribution in [-0.4, -0.2) is 40.1 Å². The second-order valence-corrected chi connectivity index (χ2v) is 6.26. The quantitative estimate of drug-likeness (QED) is 0.870. The molecule has 1 aromatic rings. The molecule has 0 aliphatic heterocycles. The maximum atomic E-state index is 12.6. The van der Waals surface area contributed by atoms with E-state index in [4.69, 9.17) is 5.73 Å². The lowest BCUT2D eigenvalue weighted by Crippen LogP contribution is -2.43. The Morgan fingerprint density at radius 2 is 2.25 bits per heavy atom. The third-order valence-electron chi connectivity index (χ3n) is 3.75. The summed E-state index contributed by atoms with van der Waals surface area (Å²) in [7, 11) is 0. The smallest absolute Gasteiger partial charge is 0.273 e. The predicted molar refractivity (Wildman–Crippen MR) is 79.7 cm³/mol. The van der Waals surface area contributed by atoms with E-state index in [1.807, 2.05) is 6.92 Å². The lowest BCUT2D eigenvalue weighted by Gasteiger charge is -2.33. The monoisotopic (exact) mass is 297 g/mol. The van der Waals surface area contributed by atoms with Crippen LogP contribution in [0.4, 0.5) is 0 Å². The van der Waals surface area contributed by atoms with Crippen molar-refractivity contribution in [3.8, 4) is 0 Å². The minimum absolute atomic E-state index is 0.00741. The number of aromatic nitrogens is 1. The number of aliphatic hydroxyl groups excluding tert-OH is 1. The summed E-state index contributed by atoms with van der Waals surface area (Å²) in [6, 6.07) is 0.0892. The van der Waals surface area contributed by atoms with Gasteiger partial charge in [0.15, 0.2) is 0 Å². The molecule has 0 bridgehead atoms. The molecule has 1 amide bonds. The van der Waals surface area contributed by atoms with E-state index in [1.165, 1.54) is 17.8 Å². The highest BCUT2D eigenvalue weighted by atomic mass is 32.1. The first-order valence-corrected chi connectivity index (χ1v) is 8.14. The van der Waals surface area contributed by atoms with E-state index < -0.39 is 0 Å². The van der Waals surface area contributed by atoms with Crippen molar-refractivity contribution in [3.05, 3.63) is 16.1 Å². The molecule has 0 aromatic carbocycles. The Morgan fingerprint density at radius 1 is 1.55 bits per heavy atom.